The summed E-state index contributed by atoms with van der Waals surface area (Å²) in [6.45, 7) is 3.30. The van der Waals surface area contributed by atoms with Crippen molar-refractivity contribution < 1.29 is 22.9 Å². The number of anilines is 1. The van der Waals surface area contributed by atoms with Crippen molar-refractivity contribution in [2.45, 2.75) is 24.7 Å². The van der Waals surface area contributed by atoms with Crippen LogP contribution < -0.4 is 20.7 Å². The molecule has 1 amide bonds. The van der Waals surface area contributed by atoms with E-state index in [0.29, 0.717) is 17.7 Å². The monoisotopic (exact) mass is 539 g/mol. The Labute approximate surface area is 221 Å². The molecule has 1 atom stereocenters. The zero-order valence-corrected chi connectivity index (χ0v) is 22.0. The van der Waals surface area contributed by atoms with Crippen LogP contribution in [0.25, 0.3) is 10.4 Å². The SMILES string of the molecule is CB(O)N=C(NCB=O)Nc1cccc(-c2ccc(C(=O)NCC(C)NS(=O)(=O)c3ccccc3)s2)c1. The Kier molecular flexibility index (Phi) is 10.1. The summed E-state index contributed by atoms with van der Waals surface area (Å²) in [5.41, 5.74) is 1.53. The van der Waals surface area contributed by atoms with Crippen molar-refractivity contribution in [3.63, 3.8) is 0 Å². The van der Waals surface area contributed by atoms with Gasteiger partial charge in [0, 0.05) is 12.6 Å². The minimum absolute atomic E-state index is 0.0357. The summed E-state index contributed by atoms with van der Waals surface area (Å²) in [6.07, 6.45) is 0.0357. The molecule has 1 heterocycles. The predicted octanol–water partition coefficient (Wildman–Crippen LogP) is 1.99. The second-order valence-corrected chi connectivity index (χ2v) is 10.9. The Balaban J connectivity index is 1.62. The zero-order valence-electron chi connectivity index (χ0n) is 20.3. The number of nitrogens with zero attached hydrogens (tertiary/aromatic N) is 1. The molecule has 1 aromatic heterocycles. The third-order valence-corrected chi connectivity index (χ3v) is 7.63. The molecular formula is C23H27B2N5O5S2. The Morgan fingerprint density at radius 1 is 1.11 bits per heavy atom. The molecule has 0 aliphatic rings. The Bertz CT molecular complexity index is 1350. The van der Waals surface area contributed by atoms with E-state index >= 15 is 0 Å². The van der Waals surface area contributed by atoms with Crippen LogP contribution in [0.2, 0.25) is 6.82 Å². The summed E-state index contributed by atoms with van der Waals surface area (Å²) >= 11 is 1.30. The third kappa shape index (κ3) is 8.64. The van der Waals surface area contributed by atoms with E-state index in [1.54, 1.807) is 31.2 Å². The molecule has 0 saturated carbocycles. The van der Waals surface area contributed by atoms with E-state index in [-0.39, 0.29) is 29.8 Å². The summed E-state index contributed by atoms with van der Waals surface area (Å²) < 4.78 is 38.1. The average Bonchev–Trinajstić information content (AvgIpc) is 3.37. The van der Waals surface area contributed by atoms with E-state index in [4.69, 9.17) is 0 Å². The van der Waals surface area contributed by atoms with Gasteiger partial charge in [-0.3, -0.25) is 0 Å². The first-order valence-electron chi connectivity index (χ1n) is 11.4. The Hall–Kier alpha value is -3.32. The number of benzene rings is 2. The summed E-state index contributed by atoms with van der Waals surface area (Å²) in [5, 5.41) is 18.1. The van der Waals surface area contributed by atoms with Crippen LogP contribution in [0, 0.1) is 0 Å². The van der Waals surface area contributed by atoms with Crippen LogP contribution in [0.3, 0.4) is 0 Å². The molecule has 0 aliphatic carbocycles. The van der Waals surface area contributed by atoms with Crippen LogP contribution in [0.5, 0.6) is 0 Å². The van der Waals surface area contributed by atoms with Crippen LogP contribution in [0.4, 0.5) is 5.69 Å². The summed E-state index contributed by atoms with van der Waals surface area (Å²) in [7, 11) is -3.95. The molecule has 3 rings (SSSR count). The normalized spacial score (nSPS) is 12.4. The molecule has 1 unspecified atom stereocenters. The third-order valence-electron chi connectivity index (χ3n) is 4.89. The first-order valence-corrected chi connectivity index (χ1v) is 13.7. The first kappa shape index (κ1) is 28.3. The summed E-state index contributed by atoms with van der Waals surface area (Å²) in [4.78, 5) is 18.2. The summed E-state index contributed by atoms with van der Waals surface area (Å²) in [6, 6.07) is 18.5. The second kappa shape index (κ2) is 13.3. The number of amides is 1. The number of rotatable bonds is 11. The van der Waals surface area contributed by atoms with Crippen molar-refractivity contribution in [1.82, 2.24) is 15.4 Å². The van der Waals surface area contributed by atoms with Gasteiger partial charge in [-0.15, -0.1) is 0 Å². The maximum atomic E-state index is 12.7. The molecule has 0 spiro atoms. The van der Waals surface area contributed by atoms with Crippen LogP contribution in [-0.4, -0.2) is 58.5 Å². The standard InChI is InChI=1S/C23H27B2N5O5S2/c1-16(30-37(34,35)19-9-4-3-5-10-19)14-26-22(31)21-12-11-20(36-21)17-7-6-8-18(13-17)28-23(27-15-24-32)29-25(2)33/h3-13,16,30,33H,14-15H2,1-2H3,(H,26,31)(H2,27,28,29). The van der Waals surface area contributed by atoms with Gasteiger partial charge in [-0.25, -0.2) is 13.1 Å². The van der Waals surface area contributed by atoms with Crippen molar-refractivity contribution in [1.29, 1.82) is 0 Å². The van der Waals surface area contributed by atoms with Gasteiger partial charge < -0.3 is 0 Å². The molecule has 14 heteroatoms. The van der Waals surface area contributed by atoms with E-state index in [1.807, 2.05) is 30.3 Å². The zero-order chi connectivity index (χ0) is 26.8. The van der Waals surface area contributed by atoms with Crippen LogP contribution in [0.15, 0.2) is 76.5 Å². The van der Waals surface area contributed by atoms with Crippen LogP contribution >= 0.6 is 11.3 Å². The Morgan fingerprint density at radius 3 is 2.57 bits per heavy atom. The van der Waals surface area contributed by atoms with E-state index < -0.39 is 23.1 Å². The summed E-state index contributed by atoms with van der Waals surface area (Å²) in [5.74, 6) is -0.0526. The van der Waals surface area contributed by atoms with Crippen LogP contribution in [0.1, 0.15) is 16.6 Å². The second-order valence-electron chi connectivity index (χ2n) is 8.07. The number of carbonyl (C=O) groups excluding carboxylic acids is 1. The van der Waals surface area contributed by atoms with Gasteiger partial charge in [0.2, 0.25) is 10.0 Å². The van der Waals surface area contributed by atoms with Crippen molar-refractivity contribution >= 4 is 53.1 Å². The molecule has 0 fully saturated rings. The molecule has 0 aliphatic heterocycles. The maximum absolute atomic E-state index is 12.7. The van der Waals surface area contributed by atoms with Gasteiger partial charge >= 0.3 is 143 Å². The molecule has 2 aromatic carbocycles. The van der Waals surface area contributed by atoms with E-state index in [9.17, 15) is 22.9 Å². The number of hydrogen-bond acceptors (Lipinski definition) is 7. The molecule has 0 saturated heterocycles. The van der Waals surface area contributed by atoms with Gasteiger partial charge in [0.1, 0.15) is 0 Å². The Morgan fingerprint density at radius 2 is 1.86 bits per heavy atom. The van der Waals surface area contributed by atoms with Gasteiger partial charge in [-0.1, -0.05) is 18.2 Å². The van der Waals surface area contributed by atoms with Gasteiger partial charge in [-0.05, 0) is 19.1 Å². The molecule has 0 radical (unpaired) electrons. The molecule has 37 heavy (non-hydrogen) atoms. The van der Waals surface area contributed by atoms with Gasteiger partial charge in [0.05, 0.1) is 4.90 Å². The van der Waals surface area contributed by atoms with Gasteiger partial charge in [-0.2, -0.15) is 0 Å². The number of guanidine groups is 1. The van der Waals surface area contributed by atoms with Crippen LogP contribution in [-0.2, 0) is 14.7 Å². The first-order chi connectivity index (χ1) is 17.7. The molecular weight excluding hydrogens is 512 g/mol. The molecule has 5 N–H and O–H groups in total. The quantitative estimate of drug-likeness (QED) is 0.142. The van der Waals surface area contributed by atoms with Crippen molar-refractivity contribution in [3.8, 4) is 10.4 Å². The fourth-order valence-electron chi connectivity index (χ4n) is 3.26. The number of hydrogen-bond donors (Lipinski definition) is 5. The number of sulfonamides is 1. The van der Waals surface area contributed by atoms with Crippen molar-refractivity contribution in [3.05, 3.63) is 71.6 Å². The van der Waals surface area contributed by atoms with E-state index in [1.165, 1.54) is 30.3 Å². The molecule has 0 bridgehead atoms. The number of nitrogens with one attached hydrogen (secondary N) is 4. The molecule has 10 nitrogen and oxygen atoms in total. The molecule has 3 aromatic rings. The number of carbonyl (C=O) groups is 1. The van der Waals surface area contributed by atoms with E-state index in [2.05, 4.69) is 25.6 Å². The predicted molar refractivity (Wildman–Crippen MR) is 148 cm³/mol. The molecule has 192 valence electrons. The number of thiophene rings is 1. The van der Waals surface area contributed by atoms with Crippen molar-refractivity contribution in [2.75, 3.05) is 18.3 Å². The fourth-order valence-corrected chi connectivity index (χ4v) is 5.44. The van der Waals surface area contributed by atoms with E-state index in [0.717, 1.165) is 10.4 Å². The van der Waals surface area contributed by atoms with Gasteiger partial charge in [0.15, 0.2) is 0 Å². The topological polar surface area (TPSA) is 149 Å². The fraction of sp³-hybridized carbons (Fsp3) is 0.217. The average molecular weight is 539 g/mol. The van der Waals surface area contributed by atoms with Crippen molar-refractivity contribution in [2.24, 2.45) is 4.90 Å². The van der Waals surface area contributed by atoms with Gasteiger partial charge in [0.25, 0.3) is 0 Å². The minimum atomic E-state index is -3.68.